The molecule has 4 rings (SSSR count). The van der Waals surface area contributed by atoms with E-state index in [1.807, 2.05) is 35.2 Å². The third-order valence-corrected chi connectivity index (χ3v) is 4.72. The molecule has 0 aliphatic carbocycles. The lowest BCUT2D eigenvalue weighted by Crippen LogP contribution is -2.31. The van der Waals surface area contributed by atoms with Gasteiger partial charge in [0.1, 0.15) is 5.82 Å². The summed E-state index contributed by atoms with van der Waals surface area (Å²) >= 11 is 0. The van der Waals surface area contributed by atoms with Gasteiger partial charge in [-0.1, -0.05) is 18.2 Å². The summed E-state index contributed by atoms with van der Waals surface area (Å²) in [5, 5.41) is 14.1. The highest BCUT2D eigenvalue weighted by Gasteiger charge is 2.27. The van der Waals surface area contributed by atoms with Gasteiger partial charge in [0.25, 0.3) is 5.91 Å². The van der Waals surface area contributed by atoms with Crippen LogP contribution in [0.25, 0.3) is 10.9 Å². The van der Waals surface area contributed by atoms with E-state index in [0.29, 0.717) is 24.5 Å². The van der Waals surface area contributed by atoms with Crippen molar-refractivity contribution in [1.82, 2.24) is 14.9 Å². The number of carbonyl (C=O) groups excluding carboxylic acids is 1. The van der Waals surface area contributed by atoms with Crippen molar-refractivity contribution in [3.63, 3.8) is 0 Å². The Bertz CT molecular complexity index is 930. The zero-order valence-corrected chi connectivity index (χ0v) is 14.3. The van der Waals surface area contributed by atoms with Crippen molar-refractivity contribution in [3.05, 3.63) is 66.0 Å². The molecule has 2 N–H and O–H groups in total. The van der Waals surface area contributed by atoms with Crippen molar-refractivity contribution in [3.8, 4) is 0 Å². The van der Waals surface area contributed by atoms with Crippen LogP contribution in [0.4, 0.5) is 5.82 Å². The third kappa shape index (κ3) is 3.23. The van der Waals surface area contributed by atoms with Crippen LogP contribution >= 0.6 is 0 Å². The Morgan fingerprint density at radius 1 is 1.23 bits per heavy atom. The van der Waals surface area contributed by atoms with Crippen molar-refractivity contribution in [2.45, 2.75) is 19.1 Å². The Morgan fingerprint density at radius 2 is 2.04 bits per heavy atom. The molecule has 0 bridgehead atoms. The first-order chi connectivity index (χ1) is 12.7. The fourth-order valence-corrected chi connectivity index (χ4v) is 3.34. The second-order valence-electron chi connectivity index (χ2n) is 6.46. The maximum atomic E-state index is 12.6. The van der Waals surface area contributed by atoms with E-state index in [2.05, 4.69) is 15.3 Å². The molecule has 1 amide bonds. The molecule has 1 unspecified atom stereocenters. The molecule has 2 aromatic heterocycles. The van der Waals surface area contributed by atoms with Crippen molar-refractivity contribution < 1.29 is 9.90 Å². The highest BCUT2D eigenvalue weighted by atomic mass is 16.3. The van der Waals surface area contributed by atoms with E-state index in [0.717, 1.165) is 22.9 Å². The number of amides is 1. The molecule has 0 spiro atoms. The number of nitrogens with one attached hydrogen (secondary N) is 1. The number of nitrogens with zero attached hydrogens (tertiary/aromatic N) is 3. The molecule has 3 heterocycles. The Morgan fingerprint density at radius 3 is 2.85 bits per heavy atom. The predicted octanol–water partition coefficient (Wildman–Crippen LogP) is 2.45. The second-order valence-corrected chi connectivity index (χ2v) is 6.46. The average Bonchev–Trinajstić information content (AvgIpc) is 3.16. The van der Waals surface area contributed by atoms with Gasteiger partial charge < -0.3 is 15.3 Å². The number of hydrogen-bond donors (Lipinski definition) is 2. The van der Waals surface area contributed by atoms with Crippen LogP contribution in [0.3, 0.4) is 0 Å². The van der Waals surface area contributed by atoms with Crippen LogP contribution in [0, 0.1) is 0 Å². The molecule has 0 saturated carbocycles. The predicted molar refractivity (Wildman–Crippen MR) is 99.8 cm³/mol. The average molecular weight is 348 g/mol. The highest BCUT2D eigenvalue weighted by molar-refractivity contribution is 5.94. The minimum absolute atomic E-state index is 0.0190. The Hall–Kier alpha value is -2.99. The van der Waals surface area contributed by atoms with Gasteiger partial charge in [0.05, 0.1) is 12.1 Å². The fraction of sp³-hybridized carbons (Fsp3) is 0.250. The van der Waals surface area contributed by atoms with Crippen LogP contribution in [0.2, 0.25) is 0 Å². The number of anilines is 1. The maximum absolute atomic E-state index is 12.6. The summed E-state index contributed by atoms with van der Waals surface area (Å²) in [6.07, 6.45) is 4.10. The first-order valence-electron chi connectivity index (χ1n) is 8.70. The molecule has 1 aliphatic rings. The Kier molecular flexibility index (Phi) is 4.50. The van der Waals surface area contributed by atoms with Crippen molar-refractivity contribution in [2.75, 3.05) is 18.4 Å². The lowest BCUT2D eigenvalue weighted by molar-refractivity contribution is 0.0791. The monoisotopic (exact) mass is 348 g/mol. The molecule has 6 nitrogen and oxygen atoms in total. The smallest absolute Gasteiger partial charge is 0.254 e. The third-order valence-electron chi connectivity index (χ3n) is 4.72. The van der Waals surface area contributed by atoms with E-state index in [-0.39, 0.29) is 18.6 Å². The number of likely N-dealkylation sites (tertiary alicyclic amines) is 1. The summed E-state index contributed by atoms with van der Waals surface area (Å²) in [5.41, 5.74) is 2.30. The lowest BCUT2D eigenvalue weighted by atomic mass is 10.1. The van der Waals surface area contributed by atoms with Gasteiger partial charge in [0, 0.05) is 48.0 Å². The summed E-state index contributed by atoms with van der Waals surface area (Å²) in [6.45, 7) is 1.23. The minimum atomic E-state index is -0.0768. The normalized spacial score (nSPS) is 16.8. The number of aromatic nitrogens is 2. The standard InChI is InChI=1S/C20H20N4O2/c25-13-16-11-15-3-1-2-4-18(15)23-19(16)22-17-7-10-24(12-17)20(26)14-5-8-21-9-6-14/h1-6,8-9,11,17,25H,7,10,12-13H2,(H,22,23). The number of carbonyl (C=O) groups is 1. The summed E-state index contributed by atoms with van der Waals surface area (Å²) in [7, 11) is 0. The number of fused-ring (bicyclic) bond motifs is 1. The Labute approximate surface area is 151 Å². The Balaban J connectivity index is 1.50. The zero-order valence-electron chi connectivity index (χ0n) is 14.3. The molecule has 1 saturated heterocycles. The lowest BCUT2D eigenvalue weighted by Gasteiger charge is -2.19. The van der Waals surface area contributed by atoms with Crippen LogP contribution in [0.15, 0.2) is 54.9 Å². The maximum Gasteiger partial charge on any atom is 0.254 e. The molecule has 3 aromatic rings. The number of para-hydroxylation sites is 1. The van der Waals surface area contributed by atoms with E-state index in [4.69, 9.17) is 0 Å². The van der Waals surface area contributed by atoms with Crippen LogP contribution in [-0.2, 0) is 6.61 Å². The van der Waals surface area contributed by atoms with Gasteiger partial charge in [-0.05, 0) is 30.7 Å². The summed E-state index contributed by atoms with van der Waals surface area (Å²) in [5.74, 6) is 0.708. The van der Waals surface area contributed by atoms with Gasteiger partial charge in [0.2, 0.25) is 0 Å². The molecule has 1 atom stereocenters. The molecular formula is C20H20N4O2. The van der Waals surface area contributed by atoms with Crippen LogP contribution < -0.4 is 5.32 Å². The van der Waals surface area contributed by atoms with E-state index in [1.165, 1.54) is 0 Å². The van der Waals surface area contributed by atoms with Gasteiger partial charge >= 0.3 is 0 Å². The molecule has 132 valence electrons. The van der Waals surface area contributed by atoms with Crippen LogP contribution in [-0.4, -0.2) is 45.0 Å². The number of hydrogen-bond acceptors (Lipinski definition) is 5. The number of benzene rings is 1. The largest absolute Gasteiger partial charge is 0.392 e. The molecule has 26 heavy (non-hydrogen) atoms. The molecule has 1 aliphatic heterocycles. The summed E-state index contributed by atoms with van der Waals surface area (Å²) < 4.78 is 0. The van der Waals surface area contributed by atoms with Crippen LogP contribution in [0.5, 0.6) is 0 Å². The highest BCUT2D eigenvalue weighted by Crippen LogP contribution is 2.23. The zero-order chi connectivity index (χ0) is 17.9. The van der Waals surface area contributed by atoms with Gasteiger partial charge in [-0.3, -0.25) is 9.78 Å². The summed E-state index contributed by atoms with van der Waals surface area (Å²) in [6, 6.07) is 13.4. The number of pyridine rings is 2. The van der Waals surface area contributed by atoms with Crippen molar-refractivity contribution >= 4 is 22.6 Å². The van der Waals surface area contributed by atoms with Gasteiger partial charge in [-0.25, -0.2) is 4.98 Å². The topological polar surface area (TPSA) is 78.4 Å². The molecule has 6 heteroatoms. The molecular weight excluding hydrogens is 328 g/mol. The molecule has 1 fully saturated rings. The van der Waals surface area contributed by atoms with Crippen molar-refractivity contribution in [2.24, 2.45) is 0 Å². The van der Waals surface area contributed by atoms with E-state index in [9.17, 15) is 9.90 Å². The van der Waals surface area contributed by atoms with E-state index < -0.39 is 0 Å². The minimum Gasteiger partial charge on any atom is -0.392 e. The van der Waals surface area contributed by atoms with Gasteiger partial charge in [-0.2, -0.15) is 0 Å². The van der Waals surface area contributed by atoms with E-state index in [1.54, 1.807) is 24.5 Å². The van der Waals surface area contributed by atoms with Crippen molar-refractivity contribution in [1.29, 1.82) is 0 Å². The first-order valence-corrected chi connectivity index (χ1v) is 8.70. The quantitative estimate of drug-likeness (QED) is 0.757. The summed E-state index contributed by atoms with van der Waals surface area (Å²) in [4.78, 5) is 23.0. The molecule has 1 aromatic carbocycles. The number of rotatable bonds is 4. The van der Waals surface area contributed by atoms with Gasteiger partial charge in [0.15, 0.2) is 0 Å². The second kappa shape index (κ2) is 7.09. The number of aliphatic hydroxyl groups excluding tert-OH is 1. The van der Waals surface area contributed by atoms with Gasteiger partial charge in [-0.15, -0.1) is 0 Å². The SMILES string of the molecule is O=C(c1ccncc1)N1CCC(Nc2nc3ccccc3cc2CO)C1. The first kappa shape index (κ1) is 16.5. The fourth-order valence-electron chi connectivity index (χ4n) is 3.34. The molecule has 0 radical (unpaired) electrons. The van der Waals surface area contributed by atoms with Crippen LogP contribution in [0.1, 0.15) is 22.3 Å². The van der Waals surface area contributed by atoms with E-state index >= 15 is 0 Å². The number of aliphatic hydroxyl groups is 1.